The lowest BCUT2D eigenvalue weighted by Gasteiger charge is -2.12. The molecule has 0 aliphatic heterocycles. The molecule has 2 aromatic rings. The van der Waals surface area contributed by atoms with Crippen molar-refractivity contribution in [3.63, 3.8) is 0 Å². The van der Waals surface area contributed by atoms with Gasteiger partial charge in [-0.3, -0.25) is 9.59 Å². The Labute approximate surface area is 161 Å². The standard InChI is InChI=1S/C22H29N3O2/c1-4-5-6-13-21(26)24-19-11-8-10-18(14-19)23-15-22(27)25-20-12-7-9-16(2)17(20)3/h7-12,14,23H,4-6,13,15H2,1-3H3,(H,24,26)(H,25,27). The molecular weight excluding hydrogens is 338 g/mol. The summed E-state index contributed by atoms with van der Waals surface area (Å²) in [4.78, 5) is 24.1. The monoisotopic (exact) mass is 367 g/mol. The summed E-state index contributed by atoms with van der Waals surface area (Å²) in [5.41, 5.74) is 4.56. The van der Waals surface area contributed by atoms with Gasteiger partial charge in [0.2, 0.25) is 11.8 Å². The summed E-state index contributed by atoms with van der Waals surface area (Å²) in [6, 6.07) is 13.3. The van der Waals surface area contributed by atoms with Gasteiger partial charge in [-0.1, -0.05) is 38.0 Å². The largest absolute Gasteiger partial charge is 0.376 e. The molecule has 2 rings (SSSR count). The van der Waals surface area contributed by atoms with Gasteiger partial charge in [0.1, 0.15) is 0 Å². The minimum absolute atomic E-state index is 0.0215. The van der Waals surface area contributed by atoms with Crippen LogP contribution in [0.15, 0.2) is 42.5 Å². The Morgan fingerprint density at radius 3 is 2.41 bits per heavy atom. The molecule has 0 fully saturated rings. The van der Waals surface area contributed by atoms with E-state index in [0.29, 0.717) is 6.42 Å². The maximum absolute atomic E-state index is 12.2. The highest BCUT2D eigenvalue weighted by molar-refractivity contribution is 5.95. The van der Waals surface area contributed by atoms with Gasteiger partial charge in [-0.15, -0.1) is 0 Å². The highest BCUT2D eigenvalue weighted by atomic mass is 16.2. The number of anilines is 3. The lowest BCUT2D eigenvalue weighted by molar-refractivity contribution is -0.116. The molecule has 5 nitrogen and oxygen atoms in total. The van der Waals surface area contributed by atoms with E-state index in [1.165, 1.54) is 0 Å². The van der Waals surface area contributed by atoms with Crippen LogP contribution >= 0.6 is 0 Å². The molecule has 0 radical (unpaired) electrons. The van der Waals surface area contributed by atoms with Crippen LogP contribution in [0.25, 0.3) is 0 Å². The molecule has 0 saturated carbocycles. The third-order valence-electron chi connectivity index (χ3n) is 4.49. The van der Waals surface area contributed by atoms with E-state index in [1.807, 2.05) is 56.3 Å². The molecule has 144 valence electrons. The second kappa shape index (κ2) is 10.4. The summed E-state index contributed by atoms with van der Waals surface area (Å²) in [6.07, 6.45) is 3.59. The summed E-state index contributed by atoms with van der Waals surface area (Å²) in [5.74, 6) is -0.0917. The summed E-state index contributed by atoms with van der Waals surface area (Å²) in [7, 11) is 0. The molecule has 2 amide bonds. The molecule has 0 unspecified atom stereocenters. The predicted molar refractivity (Wildman–Crippen MR) is 112 cm³/mol. The SMILES string of the molecule is CCCCCC(=O)Nc1cccc(NCC(=O)Nc2cccc(C)c2C)c1. The minimum atomic E-state index is -0.113. The second-order valence-electron chi connectivity index (χ2n) is 6.74. The maximum atomic E-state index is 12.2. The van der Waals surface area contributed by atoms with Gasteiger partial charge in [-0.2, -0.15) is 0 Å². The molecule has 0 spiro atoms. The lowest BCUT2D eigenvalue weighted by atomic mass is 10.1. The van der Waals surface area contributed by atoms with E-state index < -0.39 is 0 Å². The Morgan fingerprint density at radius 2 is 1.63 bits per heavy atom. The highest BCUT2D eigenvalue weighted by Gasteiger charge is 2.07. The summed E-state index contributed by atoms with van der Waals surface area (Å²) < 4.78 is 0. The lowest BCUT2D eigenvalue weighted by Crippen LogP contribution is -2.22. The van der Waals surface area contributed by atoms with Crippen LogP contribution in [-0.4, -0.2) is 18.4 Å². The van der Waals surface area contributed by atoms with E-state index in [9.17, 15) is 9.59 Å². The number of nitrogens with one attached hydrogen (secondary N) is 3. The fraction of sp³-hybridized carbons (Fsp3) is 0.364. The van der Waals surface area contributed by atoms with Crippen molar-refractivity contribution < 1.29 is 9.59 Å². The van der Waals surface area contributed by atoms with Crippen molar-refractivity contribution in [2.75, 3.05) is 22.5 Å². The van der Waals surface area contributed by atoms with Gasteiger partial charge in [0.15, 0.2) is 0 Å². The zero-order chi connectivity index (χ0) is 19.6. The topological polar surface area (TPSA) is 70.2 Å². The van der Waals surface area contributed by atoms with Gasteiger partial charge in [-0.05, 0) is 55.7 Å². The Morgan fingerprint density at radius 1 is 0.889 bits per heavy atom. The van der Waals surface area contributed by atoms with Crippen molar-refractivity contribution in [3.8, 4) is 0 Å². The van der Waals surface area contributed by atoms with Crippen LogP contribution in [0.5, 0.6) is 0 Å². The molecule has 0 heterocycles. The number of unbranched alkanes of at least 4 members (excludes halogenated alkanes) is 2. The normalized spacial score (nSPS) is 10.3. The van der Waals surface area contributed by atoms with Crippen molar-refractivity contribution in [3.05, 3.63) is 53.6 Å². The quantitative estimate of drug-likeness (QED) is 0.554. The molecular formula is C22H29N3O2. The molecule has 27 heavy (non-hydrogen) atoms. The fourth-order valence-electron chi connectivity index (χ4n) is 2.73. The van der Waals surface area contributed by atoms with E-state index in [0.717, 1.165) is 47.5 Å². The third kappa shape index (κ3) is 6.77. The van der Waals surface area contributed by atoms with Crippen LogP contribution < -0.4 is 16.0 Å². The Kier molecular flexibility index (Phi) is 7.86. The minimum Gasteiger partial charge on any atom is -0.376 e. The number of amides is 2. The number of aryl methyl sites for hydroxylation is 1. The summed E-state index contributed by atoms with van der Waals surface area (Å²) >= 11 is 0. The van der Waals surface area contributed by atoms with Crippen molar-refractivity contribution in [2.45, 2.75) is 46.5 Å². The van der Waals surface area contributed by atoms with Crippen LogP contribution in [0.1, 0.15) is 43.7 Å². The molecule has 0 aromatic heterocycles. The van der Waals surface area contributed by atoms with E-state index >= 15 is 0 Å². The van der Waals surface area contributed by atoms with E-state index in [1.54, 1.807) is 0 Å². The van der Waals surface area contributed by atoms with Gasteiger partial charge in [0, 0.05) is 23.5 Å². The Balaban J connectivity index is 1.86. The summed E-state index contributed by atoms with van der Waals surface area (Å²) in [6.45, 7) is 6.28. The molecule has 0 atom stereocenters. The van der Waals surface area contributed by atoms with Crippen LogP contribution in [0, 0.1) is 13.8 Å². The number of carbonyl (C=O) groups excluding carboxylic acids is 2. The van der Waals surface area contributed by atoms with Gasteiger partial charge in [0.05, 0.1) is 6.54 Å². The first-order valence-corrected chi connectivity index (χ1v) is 9.49. The van der Waals surface area contributed by atoms with Crippen molar-refractivity contribution >= 4 is 28.9 Å². The van der Waals surface area contributed by atoms with Crippen molar-refractivity contribution in [1.82, 2.24) is 0 Å². The van der Waals surface area contributed by atoms with Crippen LogP contribution in [0.4, 0.5) is 17.1 Å². The number of hydrogen-bond donors (Lipinski definition) is 3. The molecule has 5 heteroatoms. The average molecular weight is 367 g/mol. The molecule has 3 N–H and O–H groups in total. The summed E-state index contributed by atoms with van der Waals surface area (Å²) in [5, 5.41) is 8.93. The van der Waals surface area contributed by atoms with E-state index in [2.05, 4.69) is 22.9 Å². The Hall–Kier alpha value is -2.82. The van der Waals surface area contributed by atoms with Crippen LogP contribution in [-0.2, 0) is 9.59 Å². The van der Waals surface area contributed by atoms with Crippen molar-refractivity contribution in [1.29, 1.82) is 0 Å². The first kappa shape index (κ1) is 20.5. The first-order valence-electron chi connectivity index (χ1n) is 9.49. The van der Waals surface area contributed by atoms with E-state index in [-0.39, 0.29) is 18.4 Å². The zero-order valence-electron chi connectivity index (χ0n) is 16.4. The number of carbonyl (C=O) groups is 2. The number of rotatable bonds is 9. The molecule has 0 aliphatic carbocycles. The van der Waals surface area contributed by atoms with Gasteiger partial charge >= 0.3 is 0 Å². The van der Waals surface area contributed by atoms with Crippen LogP contribution in [0.2, 0.25) is 0 Å². The molecule has 0 saturated heterocycles. The number of hydrogen-bond acceptors (Lipinski definition) is 3. The first-order chi connectivity index (χ1) is 13.0. The van der Waals surface area contributed by atoms with Gasteiger partial charge < -0.3 is 16.0 Å². The van der Waals surface area contributed by atoms with Crippen molar-refractivity contribution in [2.24, 2.45) is 0 Å². The number of benzene rings is 2. The van der Waals surface area contributed by atoms with Gasteiger partial charge in [0.25, 0.3) is 0 Å². The van der Waals surface area contributed by atoms with Gasteiger partial charge in [-0.25, -0.2) is 0 Å². The molecule has 0 bridgehead atoms. The second-order valence-corrected chi connectivity index (χ2v) is 6.74. The van der Waals surface area contributed by atoms with Crippen LogP contribution in [0.3, 0.4) is 0 Å². The molecule has 2 aromatic carbocycles. The predicted octanol–water partition coefficient (Wildman–Crippen LogP) is 4.87. The Bertz CT molecular complexity index is 787. The molecule has 0 aliphatic rings. The smallest absolute Gasteiger partial charge is 0.243 e. The van der Waals surface area contributed by atoms with E-state index in [4.69, 9.17) is 0 Å². The third-order valence-corrected chi connectivity index (χ3v) is 4.49. The fourth-order valence-corrected chi connectivity index (χ4v) is 2.73. The average Bonchev–Trinajstić information content (AvgIpc) is 2.64. The highest BCUT2D eigenvalue weighted by Crippen LogP contribution is 2.18. The maximum Gasteiger partial charge on any atom is 0.243 e. The zero-order valence-corrected chi connectivity index (χ0v) is 16.4.